The van der Waals surface area contributed by atoms with Gasteiger partial charge in [0.1, 0.15) is 22.6 Å². The number of hydrogen-bond donors (Lipinski definition) is 1. The van der Waals surface area contributed by atoms with Crippen LogP contribution in [-0.2, 0) is 17.1 Å². The molecule has 34 heavy (non-hydrogen) atoms. The van der Waals surface area contributed by atoms with Crippen LogP contribution in [0.25, 0.3) is 0 Å². The van der Waals surface area contributed by atoms with Crippen LogP contribution in [0.4, 0.5) is 26.3 Å². The maximum absolute atomic E-state index is 12.8. The first-order chi connectivity index (χ1) is 15.5. The van der Waals surface area contributed by atoms with Crippen LogP contribution >= 0.6 is 0 Å². The number of methoxy groups -OCH3 is 3. The molecule has 0 aliphatic carbocycles. The van der Waals surface area contributed by atoms with E-state index in [-0.39, 0.29) is 39.3 Å². The van der Waals surface area contributed by atoms with Crippen LogP contribution in [-0.4, -0.2) is 38.4 Å². The maximum Gasteiger partial charge on any atom is 0.420 e. The summed E-state index contributed by atoms with van der Waals surface area (Å²) < 4.78 is 90.5. The number of carbonyl (C=O) groups is 2. The van der Waals surface area contributed by atoms with E-state index < -0.39 is 35.4 Å². The minimum atomic E-state index is -4.65. The number of aryl methyl sites for hydroxylation is 1. The van der Waals surface area contributed by atoms with Gasteiger partial charge in [-0.3, -0.25) is 0 Å². The molecular formula is C22H22F6O6. The summed E-state index contributed by atoms with van der Waals surface area (Å²) in [6, 6.07) is 3.43. The summed E-state index contributed by atoms with van der Waals surface area (Å²) in [6.45, 7) is 3.76. The van der Waals surface area contributed by atoms with Crippen molar-refractivity contribution in [1.29, 1.82) is 0 Å². The van der Waals surface area contributed by atoms with E-state index in [1.165, 1.54) is 19.9 Å². The summed E-state index contributed by atoms with van der Waals surface area (Å²) in [4.78, 5) is 22.2. The number of esters is 1. The molecule has 2 aromatic rings. The lowest BCUT2D eigenvalue weighted by Gasteiger charge is -2.17. The summed E-state index contributed by atoms with van der Waals surface area (Å²) in [5, 5.41) is 8.89. The largest absolute Gasteiger partial charge is 0.496 e. The SMILES string of the molecule is COC(=O)c1ccc(OC)c(C(F)(F)F)c1C.COc1cc(C)c(C(=O)O)c(C)c1C(F)(F)F. The molecule has 2 rings (SSSR count). The second kappa shape index (κ2) is 10.7. The van der Waals surface area contributed by atoms with Crippen molar-refractivity contribution in [2.24, 2.45) is 0 Å². The fraction of sp³-hybridized carbons (Fsp3) is 0.364. The summed E-state index contributed by atoms with van der Waals surface area (Å²) >= 11 is 0. The van der Waals surface area contributed by atoms with Crippen LogP contribution in [0, 0.1) is 20.8 Å². The Kier molecular flexibility index (Phi) is 8.96. The van der Waals surface area contributed by atoms with E-state index in [0.717, 1.165) is 40.4 Å². The molecule has 0 aliphatic rings. The Bertz CT molecular complexity index is 1070. The second-order valence-corrected chi connectivity index (χ2v) is 6.88. The van der Waals surface area contributed by atoms with Crippen LogP contribution in [0.5, 0.6) is 11.5 Å². The summed E-state index contributed by atoms with van der Waals surface area (Å²) in [6.07, 6.45) is -9.23. The Balaban J connectivity index is 0.000000340. The highest BCUT2D eigenvalue weighted by Gasteiger charge is 2.39. The third kappa shape index (κ3) is 6.12. The van der Waals surface area contributed by atoms with Gasteiger partial charge in [0.25, 0.3) is 0 Å². The van der Waals surface area contributed by atoms with E-state index in [9.17, 15) is 35.9 Å². The standard InChI is InChI=1S/2C11H11F3O3/c1-6-7(10(15)17-3)4-5-8(16-2)9(6)11(12,13)14;1-5-4-7(17-3)9(11(12,13)14)6(2)8(5)10(15)16/h4-5H,1-3H3;4H,1-3H3,(H,15,16). The average molecular weight is 496 g/mol. The second-order valence-electron chi connectivity index (χ2n) is 6.88. The number of halogens is 6. The fourth-order valence-corrected chi connectivity index (χ4v) is 3.33. The van der Waals surface area contributed by atoms with Crippen LogP contribution < -0.4 is 9.47 Å². The zero-order chi connectivity index (χ0) is 26.6. The first-order valence-corrected chi connectivity index (χ1v) is 9.34. The molecule has 0 aliphatic heterocycles. The zero-order valence-corrected chi connectivity index (χ0v) is 19.0. The van der Waals surface area contributed by atoms with Crippen molar-refractivity contribution >= 4 is 11.9 Å². The molecule has 0 unspecified atom stereocenters. The highest BCUT2D eigenvalue weighted by atomic mass is 19.4. The van der Waals surface area contributed by atoms with Crippen LogP contribution in [0.2, 0.25) is 0 Å². The molecule has 188 valence electrons. The van der Waals surface area contributed by atoms with E-state index in [1.807, 2.05) is 0 Å². The van der Waals surface area contributed by atoms with E-state index >= 15 is 0 Å². The summed E-state index contributed by atoms with van der Waals surface area (Å²) in [7, 11) is 3.37. The van der Waals surface area contributed by atoms with Crippen LogP contribution in [0.15, 0.2) is 18.2 Å². The molecule has 0 bridgehead atoms. The number of ether oxygens (including phenoxy) is 3. The number of carbonyl (C=O) groups excluding carboxylic acids is 1. The number of benzene rings is 2. The van der Waals surface area contributed by atoms with Gasteiger partial charge >= 0.3 is 24.3 Å². The zero-order valence-electron chi connectivity index (χ0n) is 19.0. The molecule has 12 heteroatoms. The van der Waals surface area contributed by atoms with Gasteiger partial charge < -0.3 is 19.3 Å². The van der Waals surface area contributed by atoms with Crippen molar-refractivity contribution in [2.45, 2.75) is 33.1 Å². The Morgan fingerprint density at radius 3 is 1.65 bits per heavy atom. The molecule has 0 aromatic heterocycles. The van der Waals surface area contributed by atoms with E-state index in [4.69, 9.17) is 5.11 Å². The van der Waals surface area contributed by atoms with Crippen LogP contribution in [0.1, 0.15) is 48.5 Å². The van der Waals surface area contributed by atoms with Gasteiger partial charge in [-0.25, -0.2) is 9.59 Å². The molecule has 0 spiro atoms. The fourth-order valence-electron chi connectivity index (χ4n) is 3.33. The third-order valence-electron chi connectivity index (χ3n) is 4.79. The predicted octanol–water partition coefficient (Wildman–Crippen LogP) is 5.84. The van der Waals surface area contributed by atoms with Gasteiger partial charge in [0.05, 0.1) is 32.5 Å². The maximum atomic E-state index is 12.8. The van der Waals surface area contributed by atoms with E-state index in [0.29, 0.717) is 0 Å². The van der Waals surface area contributed by atoms with Crippen molar-refractivity contribution in [3.05, 3.63) is 57.1 Å². The quantitative estimate of drug-likeness (QED) is 0.423. The van der Waals surface area contributed by atoms with Gasteiger partial charge in [0.2, 0.25) is 0 Å². The highest BCUT2D eigenvalue weighted by Crippen LogP contribution is 2.41. The number of alkyl halides is 6. The van der Waals surface area contributed by atoms with Crippen molar-refractivity contribution in [1.82, 2.24) is 0 Å². The minimum Gasteiger partial charge on any atom is -0.496 e. The lowest BCUT2D eigenvalue weighted by Crippen LogP contribution is -2.15. The lowest BCUT2D eigenvalue weighted by molar-refractivity contribution is -0.140. The highest BCUT2D eigenvalue weighted by molar-refractivity contribution is 5.92. The topological polar surface area (TPSA) is 82.1 Å². The third-order valence-corrected chi connectivity index (χ3v) is 4.79. The number of carboxylic acids is 1. The summed E-state index contributed by atoms with van der Waals surface area (Å²) in [5.74, 6) is -2.87. The number of rotatable bonds is 4. The molecule has 0 heterocycles. The molecule has 0 atom stereocenters. The van der Waals surface area contributed by atoms with E-state index in [2.05, 4.69) is 14.2 Å². The van der Waals surface area contributed by atoms with Crippen molar-refractivity contribution < 1.29 is 55.2 Å². The van der Waals surface area contributed by atoms with Gasteiger partial charge in [-0.1, -0.05) is 0 Å². The Labute approximate surface area is 191 Å². The first-order valence-electron chi connectivity index (χ1n) is 9.34. The molecule has 1 N–H and O–H groups in total. The molecule has 0 radical (unpaired) electrons. The van der Waals surface area contributed by atoms with Crippen molar-refractivity contribution in [3.63, 3.8) is 0 Å². The lowest BCUT2D eigenvalue weighted by atomic mass is 9.96. The smallest absolute Gasteiger partial charge is 0.420 e. The Morgan fingerprint density at radius 1 is 0.794 bits per heavy atom. The molecule has 6 nitrogen and oxygen atoms in total. The van der Waals surface area contributed by atoms with Crippen molar-refractivity contribution in [2.75, 3.05) is 21.3 Å². The van der Waals surface area contributed by atoms with E-state index in [1.54, 1.807) is 0 Å². The van der Waals surface area contributed by atoms with Gasteiger partial charge in [0.15, 0.2) is 0 Å². The van der Waals surface area contributed by atoms with Crippen LogP contribution in [0.3, 0.4) is 0 Å². The first kappa shape index (κ1) is 28.6. The van der Waals surface area contributed by atoms with Gasteiger partial charge in [0, 0.05) is 0 Å². The Morgan fingerprint density at radius 2 is 1.26 bits per heavy atom. The minimum absolute atomic E-state index is 0.124. The summed E-state index contributed by atoms with van der Waals surface area (Å²) in [5.41, 5.74) is -2.75. The average Bonchev–Trinajstić information content (AvgIpc) is 2.70. The molecule has 0 fully saturated rings. The van der Waals surface area contributed by atoms with Gasteiger partial charge in [-0.15, -0.1) is 0 Å². The molecule has 0 saturated carbocycles. The molecule has 0 amide bonds. The Hall–Kier alpha value is -3.44. The van der Waals surface area contributed by atoms with Gasteiger partial charge in [-0.05, 0) is 55.7 Å². The predicted molar refractivity (Wildman–Crippen MR) is 109 cm³/mol. The molecule has 0 saturated heterocycles. The number of carboxylic acid groups (broad SMARTS) is 1. The normalized spacial score (nSPS) is 11.3. The van der Waals surface area contributed by atoms with Crippen molar-refractivity contribution in [3.8, 4) is 11.5 Å². The number of aromatic carboxylic acids is 1. The number of hydrogen-bond acceptors (Lipinski definition) is 5. The monoisotopic (exact) mass is 496 g/mol. The van der Waals surface area contributed by atoms with Gasteiger partial charge in [-0.2, -0.15) is 26.3 Å². The molecular weight excluding hydrogens is 474 g/mol. The molecule has 2 aromatic carbocycles.